The highest BCUT2D eigenvalue weighted by Gasteiger charge is 2.59. The van der Waals surface area contributed by atoms with Crippen molar-refractivity contribution in [1.82, 2.24) is 10.3 Å². The largest absolute Gasteiger partial charge is 0.508 e. The van der Waals surface area contributed by atoms with Crippen LogP contribution in [0.2, 0.25) is 0 Å². The van der Waals surface area contributed by atoms with Gasteiger partial charge in [-0.15, -0.1) is 11.3 Å². The van der Waals surface area contributed by atoms with E-state index < -0.39 is 11.5 Å². The molecular weight excluding hydrogens is 438 g/mol. The van der Waals surface area contributed by atoms with E-state index in [4.69, 9.17) is 4.98 Å². The molecule has 5 N–H and O–H groups in total. The first kappa shape index (κ1) is 22.6. The predicted molar refractivity (Wildman–Crippen MR) is 128 cm³/mol. The summed E-state index contributed by atoms with van der Waals surface area (Å²) in [5.74, 6) is 0.197. The molecule has 1 aromatic carbocycles. The lowest BCUT2D eigenvalue weighted by atomic mass is 9.47. The molecule has 5 atom stereocenters. The monoisotopic (exact) mass is 471 g/mol. The molecule has 3 aliphatic rings. The van der Waals surface area contributed by atoms with Gasteiger partial charge in [-0.1, -0.05) is 19.9 Å². The first-order valence-electron chi connectivity index (χ1n) is 11.9. The minimum Gasteiger partial charge on any atom is -0.508 e. The number of aliphatic hydroxyl groups excluding tert-OH is 2. The molecule has 2 aromatic rings. The van der Waals surface area contributed by atoms with E-state index in [1.807, 2.05) is 13.0 Å². The maximum absolute atomic E-state index is 12.9. The van der Waals surface area contributed by atoms with E-state index in [0.717, 1.165) is 47.1 Å². The van der Waals surface area contributed by atoms with Crippen LogP contribution in [-0.4, -0.2) is 45.0 Å². The normalized spacial score (nSPS) is 33.2. The van der Waals surface area contributed by atoms with Crippen molar-refractivity contribution in [2.45, 2.75) is 70.4 Å². The standard InChI is InChI=1S/C25H33N3O4S/c1-24-9-8-20(31)25(2,13-29)19(24)12-18-22(17(24)11-21(32)26-14-6-7-14)28-23(33-18)27-15-4-3-5-16(30)10-15/h3-5,10,14,17,19-20,29-31H,6-9,11-13H2,1-2H3,(H,26,32)(H,27,28). The number of thiazole rings is 1. The Kier molecular flexibility index (Phi) is 5.66. The Balaban J connectivity index is 1.52. The summed E-state index contributed by atoms with van der Waals surface area (Å²) in [5, 5.41) is 38.2. The Morgan fingerprint density at radius 3 is 2.76 bits per heavy atom. The summed E-state index contributed by atoms with van der Waals surface area (Å²) in [4.78, 5) is 19.0. The first-order valence-corrected chi connectivity index (χ1v) is 12.7. The lowest BCUT2D eigenvalue weighted by molar-refractivity contribution is -0.144. The van der Waals surface area contributed by atoms with Crippen molar-refractivity contribution >= 4 is 28.1 Å². The number of hydrogen-bond acceptors (Lipinski definition) is 7. The Labute approximate surface area is 198 Å². The number of aromatic nitrogens is 1. The van der Waals surface area contributed by atoms with Gasteiger partial charge < -0.3 is 26.0 Å². The van der Waals surface area contributed by atoms with Crippen LogP contribution in [0.3, 0.4) is 0 Å². The molecule has 2 saturated carbocycles. The third-order valence-electron chi connectivity index (χ3n) is 8.32. The number of aromatic hydroxyl groups is 1. The molecule has 0 spiro atoms. The van der Waals surface area contributed by atoms with Crippen LogP contribution in [0.5, 0.6) is 5.75 Å². The van der Waals surface area contributed by atoms with Gasteiger partial charge in [0, 0.05) is 40.4 Å². The van der Waals surface area contributed by atoms with E-state index in [2.05, 4.69) is 17.6 Å². The molecule has 0 radical (unpaired) electrons. The van der Waals surface area contributed by atoms with Crippen molar-refractivity contribution in [2.75, 3.05) is 11.9 Å². The number of rotatable bonds is 6. The van der Waals surface area contributed by atoms with Gasteiger partial charge in [0.25, 0.3) is 0 Å². The summed E-state index contributed by atoms with van der Waals surface area (Å²) in [5.41, 5.74) is 0.840. The first-order chi connectivity index (χ1) is 15.7. The van der Waals surface area contributed by atoms with Gasteiger partial charge in [0.05, 0.1) is 18.4 Å². The third kappa shape index (κ3) is 4.02. The molecule has 5 unspecified atom stereocenters. The molecule has 33 heavy (non-hydrogen) atoms. The van der Waals surface area contributed by atoms with Crippen LogP contribution in [0.15, 0.2) is 24.3 Å². The van der Waals surface area contributed by atoms with E-state index in [1.54, 1.807) is 29.5 Å². The smallest absolute Gasteiger partial charge is 0.220 e. The number of phenolic OH excluding ortho intramolecular Hbond substituents is 1. The topological polar surface area (TPSA) is 115 Å². The van der Waals surface area contributed by atoms with Crippen molar-refractivity contribution in [3.63, 3.8) is 0 Å². The molecule has 2 fully saturated rings. The summed E-state index contributed by atoms with van der Waals surface area (Å²) in [6.07, 6.45) is 4.01. The van der Waals surface area contributed by atoms with Crippen molar-refractivity contribution in [2.24, 2.45) is 16.7 Å². The number of carbonyl (C=O) groups is 1. The number of aliphatic hydroxyl groups is 2. The summed E-state index contributed by atoms with van der Waals surface area (Å²) >= 11 is 1.56. The fourth-order valence-corrected chi connectivity index (χ4v) is 7.19. The quantitative estimate of drug-likeness (QED) is 0.439. The second kappa shape index (κ2) is 8.25. The molecule has 1 aromatic heterocycles. The molecule has 0 bridgehead atoms. The fourth-order valence-electron chi connectivity index (χ4n) is 6.11. The van der Waals surface area contributed by atoms with E-state index in [-0.39, 0.29) is 35.5 Å². The molecule has 3 aliphatic carbocycles. The third-order valence-corrected chi connectivity index (χ3v) is 9.33. The van der Waals surface area contributed by atoms with Gasteiger partial charge >= 0.3 is 0 Å². The highest BCUT2D eigenvalue weighted by molar-refractivity contribution is 7.15. The van der Waals surface area contributed by atoms with Crippen LogP contribution in [-0.2, 0) is 11.2 Å². The van der Waals surface area contributed by atoms with Crippen LogP contribution in [0.4, 0.5) is 10.8 Å². The fraction of sp³-hybridized carbons (Fsp3) is 0.600. The minimum atomic E-state index is -0.626. The van der Waals surface area contributed by atoms with Crippen LogP contribution in [0.25, 0.3) is 0 Å². The van der Waals surface area contributed by atoms with E-state index >= 15 is 0 Å². The molecule has 178 valence electrons. The van der Waals surface area contributed by atoms with Gasteiger partial charge in [-0.2, -0.15) is 0 Å². The van der Waals surface area contributed by atoms with Crippen molar-refractivity contribution in [1.29, 1.82) is 0 Å². The molecule has 8 heteroatoms. The Hall–Kier alpha value is -2.16. The van der Waals surface area contributed by atoms with Gasteiger partial charge in [-0.05, 0) is 55.6 Å². The van der Waals surface area contributed by atoms with Gasteiger partial charge in [-0.3, -0.25) is 4.79 Å². The van der Waals surface area contributed by atoms with Crippen molar-refractivity contribution < 1.29 is 20.1 Å². The number of hydrogen-bond donors (Lipinski definition) is 5. The highest BCUT2D eigenvalue weighted by atomic mass is 32.1. The maximum Gasteiger partial charge on any atom is 0.220 e. The molecular formula is C25H33N3O4S. The lowest BCUT2D eigenvalue weighted by Gasteiger charge is -2.58. The summed E-state index contributed by atoms with van der Waals surface area (Å²) < 4.78 is 0. The number of amides is 1. The predicted octanol–water partition coefficient (Wildman–Crippen LogP) is 3.68. The maximum atomic E-state index is 12.9. The summed E-state index contributed by atoms with van der Waals surface area (Å²) in [7, 11) is 0. The molecule has 1 heterocycles. The van der Waals surface area contributed by atoms with Gasteiger partial charge in [0.15, 0.2) is 5.13 Å². The Morgan fingerprint density at radius 1 is 1.27 bits per heavy atom. The Morgan fingerprint density at radius 2 is 2.06 bits per heavy atom. The second-order valence-electron chi connectivity index (χ2n) is 10.6. The molecule has 7 nitrogen and oxygen atoms in total. The zero-order valence-electron chi connectivity index (χ0n) is 19.2. The van der Waals surface area contributed by atoms with Gasteiger partial charge in [0.1, 0.15) is 5.75 Å². The zero-order chi connectivity index (χ0) is 23.4. The van der Waals surface area contributed by atoms with Crippen LogP contribution >= 0.6 is 11.3 Å². The number of benzene rings is 1. The minimum absolute atomic E-state index is 0.0408. The number of nitrogens with zero attached hydrogens (tertiary/aromatic N) is 1. The zero-order valence-corrected chi connectivity index (χ0v) is 20.0. The molecule has 0 aliphatic heterocycles. The van der Waals surface area contributed by atoms with Gasteiger partial charge in [-0.25, -0.2) is 4.98 Å². The lowest BCUT2D eigenvalue weighted by Crippen LogP contribution is -2.57. The second-order valence-corrected chi connectivity index (χ2v) is 11.7. The molecule has 0 saturated heterocycles. The average molecular weight is 472 g/mol. The summed E-state index contributed by atoms with van der Waals surface area (Å²) in [6, 6.07) is 7.24. The number of carbonyl (C=O) groups excluding carboxylic acids is 1. The molecule has 5 rings (SSSR count). The van der Waals surface area contributed by atoms with E-state index in [1.165, 1.54) is 0 Å². The molecule has 1 amide bonds. The van der Waals surface area contributed by atoms with E-state index in [9.17, 15) is 20.1 Å². The van der Waals surface area contributed by atoms with Gasteiger partial charge in [0.2, 0.25) is 5.91 Å². The van der Waals surface area contributed by atoms with E-state index in [0.29, 0.717) is 18.9 Å². The van der Waals surface area contributed by atoms with Crippen LogP contribution in [0, 0.1) is 16.7 Å². The highest BCUT2D eigenvalue weighted by Crippen LogP contribution is 2.62. The summed E-state index contributed by atoms with van der Waals surface area (Å²) in [6.45, 7) is 4.12. The van der Waals surface area contributed by atoms with Crippen molar-refractivity contribution in [3.8, 4) is 5.75 Å². The van der Waals surface area contributed by atoms with Crippen molar-refractivity contribution in [3.05, 3.63) is 34.8 Å². The van der Waals surface area contributed by atoms with Crippen LogP contribution in [0.1, 0.15) is 62.4 Å². The van der Waals surface area contributed by atoms with Crippen LogP contribution < -0.4 is 10.6 Å². The number of anilines is 2. The number of fused-ring (bicyclic) bond motifs is 2. The number of phenols is 1. The Bertz CT molecular complexity index is 1050. The average Bonchev–Trinajstić information content (AvgIpc) is 3.50. The number of nitrogens with one attached hydrogen (secondary N) is 2. The SMILES string of the molecule is CC1(CO)C(O)CCC2(C)C(CC(=O)NC3CC3)c3nc(Nc4cccc(O)c4)sc3CC12.